The normalized spacial score (nSPS) is 21.4. The summed E-state index contributed by atoms with van der Waals surface area (Å²) in [7, 11) is 0. The molecule has 1 atom stereocenters. The second-order valence-electron chi connectivity index (χ2n) is 5.75. The summed E-state index contributed by atoms with van der Waals surface area (Å²) in [6.45, 7) is 11.2. The van der Waals surface area contributed by atoms with Crippen LogP contribution in [-0.2, 0) is 4.79 Å². The van der Waals surface area contributed by atoms with Crippen LogP contribution in [-0.4, -0.2) is 60.0 Å². The quantitative estimate of drug-likeness (QED) is 0.704. The van der Waals surface area contributed by atoms with Gasteiger partial charge in [-0.1, -0.05) is 0 Å². The highest BCUT2D eigenvalue weighted by atomic mass is 16.1. The van der Waals surface area contributed by atoms with Crippen molar-refractivity contribution >= 4 is 5.91 Å². The van der Waals surface area contributed by atoms with Crippen LogP contribution in [0.25, 0.3) is 0 Å². The summed E-state index contributed by atoms with van der Waals surface area (Å²) in [6.07, 6.45) is 0.367. The van der Waals surface area contributed by atoms with Crippen molar-refractivity contribution in [2.24, 2.45) is 11.5 Å². The van der Waals surface area contributed by atoms with E-state index < -0.39 is 0 Å². The van der Waals surface area contributed by atoms with E-state index in [1.165, 1.54) is 0 Å². The molecule has 0 aliphatic carbocycles. The van der Waals surface area contributed by atoms with E-state index in [0.717, 1.165) is 26.2 Å². The third-order valence-electron chi connectivity index (χ3n) is 3.49. The Morgan fingerprint density at radius 1 is 1.24 bits per heavy atom. The number of rotatable bonds is 4. The zero-order valence-electron chi connectivity index (χ0n) is 11.3. The van der Waals surface area contributed by atoms with Crippen molar-refractivity contribution in [3.8, 4) is 0 Å². The van der Waals surface area contributed by atoms with Crippen molar-refractivity contribution in [2.75, 3.05) is 32.7 Å². The number of carbonyl (C=O) groups is 1. The lowest BCUT2D eigenvalue weighted by Gasteiger charge is -2.44. The first-order valence-corrected chi connectivity index (χ1v) is 6.32. The average molecular weight is 242 g/mol. The summed E-state index contributed by atoms with van der Waals surface area (Å²) in [5, 5.41) is 0. The molecule has 0 aromatic rings. The highest BCUT2D eigenvalue weighted by Crippen LogP contribution is 2.17. The van der Waals surface area contributed by atoms with Crippen LogP contribution in [0.5, 0.6) is 0 Å². The predicted molar refractivity (Wildman–Crippen MR) is 69.6 cm³/mol. The SMILES string of the molecule is CC(C)(C)N1CCN(C(CN)CC(N)=O)CC1. The molecule has 1 heterocycles. The fraction of sp³-hybridized carbons (Fsp3) is 0.917. The van der Waals surface area contributed by atoms with E-state index in [4.69, 9.17) is 11.5 Å². The Bertz CT molecular complexity index is 254. The molecule has 0 spiro atoms. The monoisotopic (exact) mass is 242 g/mol. The van der Waals surface area contributed by atoms with E-state index in [9.17, 15) is 4.79 Å². The molecule has 1 fully saturated rings. The molecule has 4 N–H and O–H groups in total. The highest BCUT2D eigenvalue weighted by molar-refractivity contribution is 5.74. The van der Waals surface area contributed by atoms with Crippen LogP contribution in [0, 0.1) is 0 Å². The van der Waals surface area contributed by atoms with E-state index in [1.807, 2.05) is 0 Å². The van der Waals surface area contributed by atoms with Crippen molar-refractivity contribution in [3.63, 3.8) is 0 Å². The maximum atomic E-state index is 11.0. The van der Waals surface area contributed by atoms with Gasteiger partial charge >= 0.3 is 0 Å². The molecule has 17 heavy (non-hydrogen) atoms. The Hall–Kier alpha value is -0.650. The maximum absolute atomic E-state index is 11.0. The minimum atomic E-state index is -0.265. The predicted octanol–water partition coefficient (Wildman–Crippen LogP) is -0.395. The summed E-state index contributed by atoms with van der Waals surface area (Å²) in [5.74, 6) is -0.265. The smallest absolute Gasteiger partial charge is 0.219 e. The van der Waals surface area contributed by atoms with E-state index in [0.29, 0.717) is 13.0 Å². The average Bonchev–Trinajstić information content (AvgIpc) is 2.24. The van der Waals surface area contributed by atoms with Gasteiger partial charge in [-0.25, -0.2) is 0 Å². The van der Waals surface area contributed by atoms with Crippen molar-refractivity contribution in [1.29, 1.82) is 0 Å². The first kappa shape index (κ1) is 14.4. The molecule has 5 nitrogen and oxygen atoms in total. The van der Waals surface area contributed by atoms with Gasteiger partial charge in [0.15, 0.2) is 0 Å². The fourth-order valence-corrected chi connectivity index (χ4v) is 2.35. The summed E-state index contributed by atoms with van der Waals surface area (Å²) in [5.41, 5.74) is 11.2. The number of carbonyl (C=O) groups excluding carboxylic acids is 1. The third-order valence-corrected chi connectivity index (χ3v) is 3.49. The van der Waals surface area contributed by atoms with E-state index in [2.05, 4.69) is 30.6 Å². The number of hydrogen-bond acceptors (Lipinski definition) is 4. The molecule has 0 radical (unpaired) electrons. The van der Waals surface area contributed by atoms with Crippen LogP contribution < -0.4 is 11.5 Å². The van der Waals surface area contributed by atoms with Crippen molar-refractivity contribution in [1.82, 2.24) is 9.80 Å². The molecule has 0 aromatic heterocycles. The Kier molecular flexibility index (Phi) is 4.91. The Morgan fingerprint density at radius 3 is 2.12 bits per heavy atom. The largest absolute Gasteiger partial charge is 0.370 e. The molecule has 1 amide bonds. The number of nitrogens with two attached hydrogens (primary N) is 2. The molecule has 1 unspecified atom stereocenters. The second kappa shape index (κ2) is 5.80. The Balaban J connectivity index is 2.47. The second-order valence-corrected chi connectivity index (χ2v) is 5.75. The van der Waals surface area contributed by atoms with Gasteiger partial charge in [-0.2, -0.15) is 0 Å². The first-order chi connectivity index (χ1) is 7.84. The molecule has 5 heteroatoms. The lowest BCUT2D eigenvalue weighted by Crippen LogP contribution is -2.57. The van der Waals surface area contributed by atoms with E-state index in [-0.39, 0.29) is 17.5 Å². The zero-order chi connectivity index (χ0) is 13.1. The standard InChI is InChI=1S/C12H26N4O/c1-12(2,3)16-6-4-15(5-7-16)10(9-13)8-11(14)17/h10H,4-9,13H2,1-3H3,(H2,14,17). The summed E-state index contributed by atoms with van der Waals surface area (Å²) < 4.78 is 0. The summed E-state index contributed by atoms with van der Waals surface area (Å²) in [6, 6.07) is 0.106. The number of piperazine rings is 1. The molecular formula is C12H26N4O. The first-order valence-electron chi connectivity index (χ1n) is 6.32. The van der Waals surface area contributed by atoms with Crippen molar-refractivity contribution < 1.29 is 4.79 Å². The molecule has 100 valence electrons. The van der Waals surface area contributed by atoms with Gasteiger partial charge in [-0.3, -0.25) is 14.6 Å². The maximum Gasteiger partial charge on any atom is 0.219 e. The molecule has 0 bridgehead atoms. The molecule has 1 aliphatic rings. The van der Waals surface area contributed by atoms with Crippen LogP contribution in [0.2, 0.25) is 0 Å². The van der Waals surface area contributed by atoms with Gasteiger partial charge in [-0.05, 0) is 20.8 Å². The van der Waals surface area contributed by atoms with Gasteiger partial charge in [0.25, 0.3) is 0 Å². The number of nitrogens with zero attached hydrogens (tertiary/aromatic N) is 2. The van der Waals surface area contributed by atoms with E-state index in [1.54, 1.807) is 0 Å². The number of hydrogen-bond donors (Lipinski definition) is 2. The van der Waals surface area contributed by atoms with Gasteiger partial charge in [0.05, 0.1) is 0 Å². The Morgan fingerprint density at radius 2 is 1.76 bits per heavy atom. The lowest BCUT2D eigenvalue weighted by atomic mass is 10.0. The van der Waals surface area contributed by atoms with Gasteiger partial charge < -0.3 is 11.5 Å². The van der Waals surface area contributed by atoms with Crippen LogP contribution in [0.15, 0.2) is 0 Å². The van der Waals surface area contributed by atoms with Gasteiger partial charge in [0.2, 0.25) is 5.91 Å². The third kappa shape index (κ3) is 4.26. The minimum Gasteiger partial charge on any atom is -0.370 e. The van der Waals surface area contributed by atoms with Crippen molar-refractivity contribution in [3.05, 3.63) is 0 Å². The molecule has 1 saturated heterocycles. The zero-order valence-corrected chi connectivity index (χ0v) is 11.3. The molecule has 1 aliphatic heterocycles. The van der Waals surface area contributed by atoms with Crippen LogP contribution >= 0.6 is 0 Å². The van der Waals surface area contributed by atoms with Gasteiger partial charge in [0.1, 0.15) is 0 Å². The molecular weight excluding hydrogens is 216 g/mol. The van der Waals surface area contributed by atoms with Crippen molar-refractivity contribution in [2.45, 2.75) is 38.8 Å². The lowest BCUT2D eigenvalue weighted by molar-refractivity contribution is -0.119. The Labute approximate surface area is 104 Å². The number of primary amides is 1. The van der Waals surface area contributed by atoms with Crippen LogP contribution in [0.1, 0.15) is 27.2 Å². The minimum absolute atomic E-state index is 0.106. The molecule has 1 rings (SSSR count). The summed E-state index contributed by atoms with van der Waals surface area (Å²) >= 11 is 0. The topological polar surface area (TPSA) is 75.6 Å². The van der Waals surface area contributed by atoms with Crippen LogP contribution in [0.4, 0.5) is 0 Å². The van der Waals surface area contributed by atoms with Gasteiger partial charge in [-0.15, -0.1) is 0 Å². The van der Waals surface area contributed by atoms with E-state index >= 15 is 0 Å². The fourth-order valence-electron chi connectivity index (χ4n) is 2.35. The highest BCUT2D eigenvalue weighted by Gasteiger charge is 2.28. The summed E-state index contributed by atoms with van der Waals surface area (Å²) in [4.78, 5) is 15.7. The molecule has 0 aromatic carbocycles. The molecule has 0 saturated carbocycles. The van der Waals surface area contributed by atoms with Gasteiger partial charge in [0, 0.05) is 50.7 Å². The van der Waals surface area contributed by atoms with Crippen LogP contribution in [0.3, 0.4) is 0 Å². The number of amides is 1.